The zero-order valence-electron chi connectivity index (χ0n) is 7.86. The highest BCUT2D eigenvalue weighted by Crippen LogP contribution is 2.27. The van der Waals surface area contributed by atoms with Gasteiger partial charge in [-0.15, -0.1) is 0 Å². The topological polar surface area (TPSA) is 42.2 Å². The quantitative estimate of drug-likeness (QED) is 0.658. The van der Waals surface area contributed by atoms with Crippen molar-refractivity contribution in [3.8, 4) is 6.07 Å². The molecule has 1 rings (SSSR count). The minimum Gasteiger partial charge on any atom is -0.374 e. The molecule has 0 aromatic carbocycles. The van der Waals surface area contributed by atoms with Crippen LogP contribution in [0, 0.1) is 11.3 Å². The first-order valence-electron chi connectivity index (χ1n) is 4.10. The average molecular weight is 179 g/mol. The minimum absolute atomic E-state index is 0.179. The zero-order chi connectivity index (χ0) is 9.73. The molecule has 0 aromatic heterocycles. The van der Waals surface area contributed by atoms with E-state index in [4.69, 9.17) is 14.7 Å². The summed E-state index contributed by atoms with van der Waals surface area (Å²) in [5.41, 5.74) is -0.613. The monoisotopic (exact) mass is 179 g/mol. The Bertz CT molecular complexity index is 265. The number of methoxy groups -OCH3 is 2. The van der Waals surface area contributed by atoms with Crippen molar-refractivity contribution in [3.63, 3.8) is 0 Å². The molecule has 0 aromatic rings. The van der Waals surface area contributed by atoms with Crippen LogP contribution < -0.4 is 0 Å². The Morgan fingerprint density at radius 3 is 2.77 bits per heavy atom. The van der Waals surface area contributed by atoms with Crippen molar-refractivity contribution >= 4 is 0 Å². The highest BCUT2D eigenvalue weighted by Gasteiger charge is 2.36. The molecule has 0 amide bonds. The van der Waals surface area contributed by atoms with Crippen molar-refractivity contribution in [1.82, 2.24) is 0 Å². The van der Waals surface area contributed by atoms with Gasteiger partial charge >= 0.3 is 0 Å². The summed E-state index contributed by atoms with van der Waals surface area (Å²) in [6.45, 7) is 0. The van der Waals surface area contributed by atoms with E-state index in [1.165, 1.54) is 0 Å². The van der Waals surface area contributed by atoms with Gasteiger partial charge < -0.3 is 9.47 Å². The number of nitrogens with zero attached hydrogens (tertiary/aromatic N) is 1. The molecule has 2 unspecified atom stereocenters. The molecule has 0 fully saturated rings. The highest BCUT2D eigenvalue weighted by molar-refractivity contribution is 5.25. The van der Waals surface area contributed by atoms with Gasteiger partial charge in [0.05, 0.1) is 12.5 Å². The van der Waals surface area contributed by atoms with Gasteiger partial charge in [-0.1, -0.05) is 18.2 Å². The zero-order valence-corrected chi connectivity index (χ0v) is 7.86. The fourth-order valence-corrected chi connectivity index (χ4v) is 1.46. The molecule has 1 aliphatic rings. The van der Waals surface area contributed by atoms with Crippen LogP contribution in [0.5, 0.6) is 0 Å². The number of hydrogen-bond donors (Lipinski definition) is 0. The van der Waals surface area contributed by atoms with E-state index in [1.54, 1.807) is 14.2 Å². The Morgan fingerprint density at radius 1 is 1.46 bits per heavy atom. The molecule has 0 aliphatic heterocycles. The maximum atomic E-state index is 8.68. The average Bonchev–Trinajstić information content (AvgIpc) is 2.19. The van der Waals surface area contributed by atoms with Crippen LogP contribution in [0.25, 0.3) is 0 Å². The summed E-state index contributed by atoms with van der Waals surface area (Å²) in [5, 5.41) is 8.68. The Balaban J connectivity index is 2.89. The van der Waals surface area contributed by atoms with E-state index in [0.29, 0.717) is 6.42 Å². The maximum Gasteiger partial charge on any atom is 0.129 e. The van der Waals surface area contributed by atoms with Gasteiger partial charge in [0.15, 0.2) is 0 Å². The van der Waals surface area contributed by atoms with Gasteiger partial charge in [-0.2, -0.15) is 5.26 Å². The van der Waals surface area contributed by atoms with Crippen molar-refractivity contribution in [2.24, 2.45) is 0 Å². The lowest BCUT2D eigenvalue weighted by Crippen LogP contribution is -2.43. The van der Waals surface area contributed by atoms with Gasteiger partial charge in [0, 0.05) is 14.2 Å². The van der Waals surface area contributed by atoms with Crippen molar-refractivity contribution in [2.45, 2.75) is 18.1 Å². The molecule has 3 nitrogen and oxygen atoms in total. The molecule has 0 saturated heterocycles. The van der Waals surface area contributed by atoms with Crippen molar-refractivity contribution < 1.29 is 9.47 Å². The Morgan fingerprint density at radius 2 is 2.23 bits per heavy atom. The largest absolute Gasteiger partial charge is 0.374 e. The molecule has 0 spiro atoms. The van der Waals surface area contributed by atoms with E-state index >= 15 is 0 Å². The van der Waals surface area contributed by atoms with Crippen LogP contribution in [0.4, 0.5) is 0 Å². The van der Waals surface area contributed by atoms with Crippen molar-refractivity contribution in [2.75, 3.05) is 14.2 Å². The SMILES string of the molecule is COC1C=CC=CC1(CC#N)OC. The van der Waals surface area contributed by atoms with E-state index in [1.807, 2.05) is 24.3 Å². The first-order valence-corrected chi connectivity index (χ1v) is 4.10. The van der Waals surface area contributed by atoms with Crippen LogP contribution in [0.1, 0.15) is 6.42 Å². The highest BCUT2D eigenvalue weighted by atomic mass is 16.5. The van der Waals surface area contributed by atoms with Crippen LogP contribution in [-0.4, -0.2) is 25.9 Å². The van der Waals surface area contributed by atoms with E-state index in [9.17, 15) is 0 Å². The number of allylic oxidation sites excluding steroid dienone is 2. The lowest BCUT2D eigenvalue weighted by molar-refractivity contribution is -0.0632. The minimum atomic E-state index is -0.613. The van der Waals surface area contributed by atoms with Gasteiger partial charge in [0.25, 0.3) is 0 Å². The molecule has 13 heavy (non-hydrogen) atoms. The molecule has 0 bridgehead atoms. The van der Waals surface area contributed by atoms with E-state index < -0.39 is 5.60 Å². The summed E-state index contributed by atoms with van der Waals surface area (Å²) in [5.74, 6) is 0. The lowest BCUT2D eigenvalue weighted by atomic mass is 9.89. The van der Waals surface area contributed by atoms with Gasteiger partial charge in [-0.3, -0.25) is 0 Å². The maximum absolute atomic E-state index is 8.68. The predicted molar refractivity (Wildman–Crippen MR) is 49.0 cm³/mol. The number of hydrogen-bond acceptors (Lipinski definition) is 3. The summed E-state index contributed by atoms with van der Waals surface area (Å²) in [6, 6.07) is 2.10. The number of rotatable bonds is 3. The molecule has 70 valence electrons. The molecule has 0 saturated carbocycles. The van der Waals surface area contributed by atoms with E-state index in [2.05, 4.69) is 6.07 Å². The Hall–Kier alpha value is -1.11. The first kappa shape index (κ1) is 9.97. The predicted octanol–water partition coefficient (Wildman–Crippen LogP) is 1.43. The molecule has 0 heterocycles. The second-order valence-corrected chi connectivity index (χ2v) is 2.89. The third kappa shape index (κ3) is 1.80. The van der Waals surface area contributed by atoms with Crippen LogP contribution >= 0.6 is 0 Å². The van der Waals surface area contributed by atoms with E-state index in [-0.39, 0.29) is 6.10 Å². The lowest BCUT2D eigenvalue weighted by Gasteiger charge is -2.34. The summed E-state index contributed by atoms with van der Waals surface area (Å²) >= 11 is 0. The third-order valence-electron chi connectivity index (χ3n) is 2.25. The van der Waals surface area contributed by atoms with Crippen LogP contribution in [0.2, 0.25) is 0 Å². The summed E-state index contributed by atoms with van der Waals surface area (Å²) in [6.07, 6.45) is 7.63. The molecule has 1 aliphatic carbocycles. The van der Waals surface area contributed by atoms with E-state index in [0.717, 1.165) is 0 Å². The number of ether oxygens (including phenoxy) is 2. The van der Waals surface area contributed by atoms with Gasteiger partial charge in [0.2, 0.25) is 0 Å². The van der Waals surface area contributed by atoms with Gasteiger partial charge in [-0.25, -0.2) is 0 Å². The fourth-order valence-electron chi connectivity index (χ4n) is 1.46. The Kier molecular flexibility index (Phi) is 3.24. The second-order valence-electron chi connectivity index (χ2n) is 2.89. The molecule has 0 N–H and O–H groups in total. The Labute approximate surface area is 78.3 Å². The normalized spacial score (nSPS) is 31.6. The summed E-state index contributed by atoms with van der Waals surface area (Å²) < 4.78 is 10.6. The van der Waals surface area contributed by atoms with Crippen molar-refractivity contribution in [3.05, 3.63) is 24.3 Å². The molecule has 0 radical (unpaired) electrons. The standard InChI is InChI=1S/C10H13NO2/c1-12-9-5-3-4-6-10(9,13-2)7-8-11/h3-6,9H,7H2,1-2H3. The van der Waals surface area contributed by atoms with Gasteiger partial charge in [-0.05, 0) is 6.08 Å². The smallest absolute Gasteiger partial charge is 0.129 e. The van der Waals surface area contributed by atoms with Crippen LogP contribution in [0.15, 0.2) is 24.3 Å². The summed E-state index contributed by atoms with van der Waals surface area (Å²) in [7, 11) is 3.20. The molecular weight excluding hydrogens is 166 g/mol. The van der Waals surface area contributed by atoms with Gasteiger partial charge in [0.1, 0.15) is 11.7 Å². The first-order chi connectivity index (χ1) is 6.29. The molecular formula is C10H13NO2. The molecule has 2 atom stereocenters. The van der Waals surface area contributed by atoms with Crippen LogP contribution in [-0.2, 0) is 9.47 Å². The van der Waals surface area contributed by atoms with Crippen LogP contribution in [0.3, 0.4) is 0 Å². The third-order valence-corrected chi connectivity index (χ3v) is 2.25. The fraction of sp³-hybridized carbons (Fsp3) is 0.500. The second kappa shape index (κ2) is 4.22. The van der Waals surface area contributed by atoms with Crippen molar-refractivity contribution in [1.29, 1.82) is 5.26 Å². The summed E-state index contributed by atoms with van der Waals surface area (Å²) in [4.78, 5) is 0. The molecule has 3 heteroatoms. The number of nitriles is 1.